The predicted octanol–water partition coefficient (Wildman–Crippen LogP) is 4.07. The lowest BCUT2D eigenvalue weighted by Gasteiger charge is -2.24. The van der Waals surface area contributed by atoms with Gasteiger partial charge in [-0.05, 0) is 36.8 Å². The van der Waals surface area contributed by atoms with Crippen LogP contribution in [0.15, 0.2) is 60.7 Å². The zero-order valence-corrected chi connectivity index (χ0v) is 15.1. The fourth-order valence-corrected chi connectivity index (χ4v) is 2.84. The van der Waals surface area contributed by atoms with Crippen molar-refractivity contribution in [2.45, 2.75) is 12.8 Å². The number of para-hydroxylation sites is 2. The SMILES string of the molecule is O=C(CCc1cc(-c2ccccc2)nc(=S)[nH]1)Nc1ccccc1N([O-])O. The molecule has 1 amide bonds. The molecule has 0 fully saturated rings. The van der Waals surface area contributed by atoms with Gasteiger partial charge < -0.3 is 20.7 Å². The summed E-state index contributed by atoms with van der Waals surface area (Å²) < 4.78 is 0.347. The molecule has 2 aromatic carbocycles. The number of nitrogens with zero attached hydrogens (tertiary/aromatic N) is 2. The first-order valence-corrected chi connectivity index (χ1v) is 8.64. The summed E-state index contributed by atoms with van der Waals surface area (Å²) in [5, 5.41) is 22.6. The van der Waals surface area contributed by atoms with E-state index in [-0.39, 0.29) is 28.9 Å². The normalized spacial score (nSPS) is 10.4. The minimum Gasteiger partial charge on any atom is -0.733 e. The Morgan fingerprint density at radius 2 is 1.89 bits per heavy atom. The van der Waals surface area contributed by atoms with Gasteiger partial charge in [0.2, 0.25) is 5.91 Å². The van der Waals surface area contributed by atoms with E-state index >= 15 is 0 Å². The van der Waals surface area contributed by atoms with E-state index in [1.165, 1.54) is 6.07 Å². The van der Waals surface area contributed by atoms with Crippen molar-refractivity contribution in [3.63, 3.8) is 0 Å². The monoisotopic (exact) mass is 381 g/mol. The maximum atomic E-state index is 12.2. The summed E-state index contributed by atoms with van der Waals surface area (Å²) in [5.74, 6) is -0.290. The Hall–Kier alpha value is -3.07. The number of amides is 1. The molecule has 0 aliphatic heterocycles. The van der Waals surface area contributed by atoms with Gasteiger partial charge in [-0.1, -0.05) is 42.5 Å². The van der Waals surface area contributed by atoms with Gasteiger partial charge in [0, 0.05) is 17.7 Å². The topological polar surface area (TPSA) is 104 Å². The molecule has 0 saturated heterocycles. The number of H-pyrrole nitrogens is 1. The average Bonchev–Trinajstić information content (AvgIpc) is 2.67. The molecule has 0 aliphatic rings. The molecular weight excluding hydrogens is 364 g/mol. The number of anilines is 2. The first-order chi connectivity index (χ1) is 13.0. The molecule has 0 unspecified atom stereocenters. The highest BCUT2D eigenvalue weighted by molar-refractivity contribution is 7.71. The number of aromatic nitrogens is 2. The van der Waals surface area contributed by atoms with Crippen LogP contribution in [-0.4, -0.2) is 21.1 Å². The number of carbonyl (C=O) groups excluding carboxylic acids is 1. The predicted molar refractivity (Wildman–Crippen MR) is 106 cm³/mol. The van der Waals surface area contributed by atoms with E-state index in [2.05, 4.69) is 15.3 Å². The van der Waals surface area contributed by atoms with E-state index in [1.807, 2.05) is 36.4 Å². The summed E-state index contributed by atoms with van der Waals surface area (Å²) in [5.41, 5.74) is 2.68. The van der Waals surface area contributed by atoms with Crippen LogP contribution in [-0.2, 0) is 11.2 Å². The highest BCUT2D eigenvalue weighted by atomic mass is 32.1. The molecule has 8 heteroatoms. The Bertz CT molecular complexity index is 989. The zero-order chi connectivity index (χ0) is 19.2. The van der Waals surface area contributed by atoms with Crippen LogP contribution >= 0.6 is 12.2 Å². The van der Waals surface area contributed by atoms with Gasteiger partial charge >= 0.3 is 0 Å². The van der Waals surface area contributed by atoms with Crippen molar-refractivity contribution >= 4 is 29.5 Å². The number of carbonyl (C=O) groups is 1. The molecule has 0 radical (unpaired) electrons. The molecule has 0 atom stereocenters. The molecule has 1 aromatic heterocycles. The highest BCUT2D eigenvalue weighted by Crippen LogP contribution is 2.24. The number of hydrogen-bond acceptors (Lipinski definition) is 6. The third-order valence-corrected chi connectivity index (χ3v) is 4.07. The standard InChI is InChI=1S/C19H17N4O3S/c24-18(21-15-8-4-5-9-17(15)23(25)26)11-10-14-12-16(22-19(27)20-14)13-6-2-1-3-7-13/h1-9,12,25H,10-11H2,(H,21,24)(H,20,22,27)/q-1. The molecule has 7 nitrogen and oxygen atoms in total. The number of aryl methyl sites for hydroxylation is 1. The number of rotatable bonds is 6. The molecule has 3 N–H and O–H groups in total. The fraction of sp³-hybridized carbons (Fsp3) is 0.105. The highest BCUT2D eigenvalue weighted by Gasteiger charge is 2.09. The first-order valence-electron chi connectivity index (χ1n) is 8.23. The molecule has 3 aromatic rings. The van der Waals surface area contributed by atoms with Gasteiger partial charge in [0.15, 0.2) is 4.77 Å². The smallest absolute Gasteiger partial charge is 0.224 e. The molecule has 0 aliphatic carbocycles. The van der Waals surface area contributed by atoms with Gasteiger partial charge in [-0.3, -0.25) is 10.0 Å². The first kappa shape index (κ1) is 18.7. The molecule has 138 valence electrons. The van der Waals surface area contributed by atoms with Crippen molar-refractivity contribution < 1.29 is 10.0 Å². The molecule has 0 spiro atoms. The Morgan fingerprint density at radius 1 is 1.19 bits per heavy atom. The number of hydrogen-bond donors (Lipinski definition) is 3. The number of nitrogens with one attached hydrogen (secondary N) is 2. The van der Waals surface area contributed by atoms with E-state index in [0.717, 1.165) is 17.0 Å². The van der Waals surface area contributed by atoms with Crippen LogP contribution in [0.2, 0.25) is 0 Å². The molecule has 27 heavy (non-hydrogen) atoms. The molecule has 0 saturated carbocycles. The summed E-state index contributed by atoms with van der Waals surface area (Å²) in [6.45, 7) is 0. The summed E-state index contributed by atoms with van der Waals surface area (Å²) in [6, 6.07) is 17.7. The van der Waals surface area contributed by atoms with E-state index < -0.39 is 0 Å². The van der Waals surface area contributed by atoms with E-state index in [0.29, 0.717) is 11.2 Å². The Morgan fingerprint density at radius 3 is 2.63 bits per heavy atom. The molecule has 3 rings (SSSR count). The lowest BCUT2D eigenvalue weighted by molar-refractivity contribution is -0.116. The minimum absolute atomic E-state index is 0.0273. The van der Waals surface area contributed by atoms with Gasteiger partial charge in [0.05, 0.1) is 17.1 Å². The molecule has 1 heterocycles. The fourth-order valence-electron chi connectivity index (χ4n) is 2.61. The van der Waals surface area contributed by atoms with Crippen LogP contribution in [0, 0.1) is 9.98 Å². The third kappa shape index (κ3) is 4.98. The van der Waals surface area contributed by atoms with Crippen LogP contribution in [0.5, 0.6) is 0 Å². The Balaban J connectivity index is 1.69. The minimum atomic E-state index is -0.290. The summed E-state index contributed by atoms with van der Waals surface area (Å²) in [4.78, 5) is 19.5. The second-order valence-electron chi connectivity index (χ2n) is 5.80. The zero-order valence-electron chi connectivity index (χ0n) is 14.3. The van der Waals surface area contributed by atoms with Gasteiger partial charge in [0.25, 0.3) is 0 Å². The van der Waals surface area contributed by atoms with Crippen molar-refractivity contribution in [3.05, 3.63) is 76.3 Å². The van der Waals surface area contributed by atoms with Gasteiger partial charge in [-0.25, -0.2) is 4.98 Å². The van der Waals surface area contributed by atoms with Crippen LogP contribution in [0.3, 0.4) is 0 Å². The molecular formula is C19H17N4O3S-. The van der Waals surface area contributed by atoms with Gasteiger partial charge in [0.1, 0.15) is 0 Å². The maximum absolute atomic E-state index is 12.2. The van der Waals surface area contributed by atoms with Crippen molar-refractivity contribution in [2.24, 2.45) is 0 Å². The van der Waals surface area contributed by atoms with Gasteiger partial charge in [-0.2, -0.15) is 0 Å². The van der Waals surface area contributed by atoms with Crippen molar-refractivity contribution in [3.8, 4) is 11.3 Å². The maximum Gasteiger partial charge on any atom is 0.224 e. The van der Waals surface area contributed by atoms with E-state index in [9.17, 15) is 10.0 Å². The average molecular weight is 381 g/mol. The number of benzene rings is 2. The molecule has 0 bridgehead atoms. The summed E-state index contributed by atoms with van der Waals surface area (Å²) in [6.07, 6.45) is 0.586. The summed E-state index contributed by atoms with van der Waals surface area (Å²) >= 11 is 5.18. The number of aromatic amines is 1. The largest absolute Gasteiger partial charge is 0.733 e. The van der Waals surface area contributed by atoms with Crippen molar-refractivity contribution in [1.82, 2.24) is 9.97 Å². The van der Waals surface area contributed by atoms with Crippen molar-refractivity contribution in [2.75, 3.05) is 10.5 Å². The third-order valence-electron chi connectivity index (χ3n) is 3.88. The van der Waals surface area contributed by atoms with Crippen LogP contribution in [0.1, 0.15) is 12.1 Å². The second kappa shape index (κ2) is 8.54. The van der Waals surface area contributed by atoms with Crippen molar-refractivity contribution in [1.29, 1.82) is 0 Å². The Kier molecular flexibility index (Phi) is 5.92. The lowest BCUT2D eigenvalue weighted by Crippen LogP contribution is -2.16. The van der Waals surface area contributed by atoms with Gasteiger partial charge in [-0.15, -0.1) is 0 Å². The second-order valence-corrected chi connectivity index (χ2v) is 6.19. The Labute approximate surface area is 160 Å². The van der Waals surface area contributed by atoms with Crippen LogP contribution < -0.4 is 10.5 Å². The van der Waals surface area contributed by atoms with E-state index in [4.69, 9.17) is 17.4 Å². The van der Waals surface area contributed by atoms with Crippen LogP contribution in [0.4, 0.5) is 11.4 Å². The van der Waals surface area contributed by atoms with E-state index in [1.54, 1.807) is 18.2 Å². The summed E-state index contributed by atoms with van der Waals surface area (Å²) in [7, 11) is 0. The lowest BCUT2D eigenvalue weighted by atomic mass is 10.1. The quantitative estimate of drug-likeness (QED) is 0.439. The van der Waals surface area contributed by atoms with Crippen LogP contribution in [0.25, 0.3) is 11.3 Å².